The van der Waals surface area contributed by atoms with Crippen molar-refractivity contribution < 1.29 is 14.7 Å². The van der Waals surface area contributed by atoms with Crippen molar-refractivity contribution >= 4 is 23.4 Å². The van der Waals surface area contributed by atoms with Crippen molar-refractivity contribution in [3.63, 3.8) is 0 Å². The molecule has 0 aliphatic rings. The number of carbonyl (C=O) groups excluding carboxylic acids is 1. The summed E-state index contributed by atoms with van der Waals surface area (Å²) in [6.45, 7) is 2.42. The van der Waals surface area contributed by atoms with Gasteiger partial charge in [-0.1, -0.05) is 11.6 Å². The fraction of sp³-hybridized carbons (Fsp3) is 0.200. The molecule has 0 spiro atoms. The Morgan fingerprint density at radius 1 is 1.15 bits per heavy atom. The van der Waals surface area contributed by atoms with E-state index in [-0.39, 0.29) is 12.2 Å². The Morgan fingerprint density at radius 3 is 2.35 bits per heavy atom. The minimum absolute atomic E-state index is 0.0955. The number of ketones is 1. The van der Waals surface area contributed by atoms with E-state index in [1.165, 1.54) is 0 Å². The molecule has 1 aromatic carbocycles. The van der Waals surface area contributed by atoms with Gasteiger partial charge in [0.15, 0.2) is 0 Å². The maximum Gasteiger partial charge on any atom is 0.309 e. The van der Waals surface area contributed by atoms with E-state index in [1.54, 1.807) is 41.0 Å². The molecule has 0 atom stereocenters. The highest BCUT2D eigenvalue weighted by Gasteiger charge is 2.17. The third kappa shape index (κ3) is 2.91. The number of hydrogen-bond donors (Lipinski definition) is 1. The summed E-state index contributed by atoms with van der Waals surface area (Å²) in [5, 5.41) is 9.44. The van der Waals surface area contributed by atoms with Gasteiger partial charge in [-0.15, -0.1) is 0 Å². The Balaban J connectivity index is 2.37. The molecule has 1 N–H and O–H groups in total. The number of carbonyl (C=O) groups is 2. The normalized spacial score (nSPS) is 10.5. The molecule has 5 heteroatoms. The molecule has 2 rings (SSSR count). The first-order valence-electron chi connectivity index (χ1n) is 6.23. The molecule has 0 saturated heterocycles. The number of benzene rings is 1. The maximum absolute atomic E-state index is 12.4. The minimum Gasteiger partial charge on any atom is -0.481 e. The van der Waals surface area contributed by atoms with Crippen LogP contribution in [-0.2, 0) is 17.8 Å². The summed E-state index contributed by atoms with van der Waals surface area (Å²) in [5.74, 6) is -1.05. The summed E-state index contributed by atoms with van der Waals surface area (Å²) in [4.78, 5) is 23.2. The van der Waals surface area contributed by atoms with Crippen LogP contribution in [0, 0.1) is 0 Å². The fourth-order valence-electron chi connectivity index (χ4n) is 2.14. The van der Waals surface area contributed by atoms with Gasteiger partial charge >= 0.3 is 5.97 Å². The van der Waals surface area contributed by atoms with E-state index in [0.717, 1.165) is 0 Å². The van der Waals surface area contributed by atoms with Gasteiger partial charge in [-0.3, -0.25) is 9.59 Å². The molecule has 0 aliphatic heterocycles. The highest BCUT2D eigenvalue weighted by Crippen LogP contribution is 2.17. The van der Waals surface area contributed by atoms with E-state index in [9.17, 15) is 9.59 Å². The Kier molecular flexibility index (Phi) is 4.25. The highest BCUT2D eigenvalue weighted by molar-refractivity contribution is 6.30. The SMILES string of the molecule is CCn1c(CC(=O)O)ccc1C(=O)c1ccc(Cl)cc1. The summed E-state index contributed by atoms with van der Waals surface area (Å²) >= 11 is 5.80. The highest BCUT2D eigenvalue weighted by atomic mass is 35.5. The smallest absolute Gasteiger partial charge is 0.309 e. The van der Waals surface area contributed by atoms with Crippen LogP contribution >= 0.6 is 11.6 Å². The van der Waals surface area contributed by atoms with Gasteiger partial charge in [0.05, 0.1) is 12.1 Å². The van der Waals surface area contributed by atoms with Crippen LogP contribution in [0.15, 0.2) is 36.4 Å². The number of halogens is 1. The van der Waals surface area contributed by atoms with Crippen molar-refractivity contribution in [2.24, 2.45) is 0 Å². The van der Waals surface area contributed by atoms with Crippen molar-refractivity contribution in [1.82, 2.24) is 4.57 Å². The van der Waals surface area contributed by atoms with Gasteiger partial charge in [-0.05, 0) is 43.3 Å². The number of aromatic nitrogens is 1. The van der Waals surface area contributed by atoms with Crippen LogP contribution in [0.25, 0.3) is 0 Å². The number of aliphatic carboxylic acids is 1. The van der Waals surface area contributed by atoms with Crippen LogP contribution in [0.4, 0.5) is 0 Å². The van der Waals surface area contributed by atoms with E-state index in [1.807, 2.05) is 6.92 Å². The van der Waals surface area contributed by atoms with Gasteiger partial charge < -0.3 is 9.67 Å². The molecule has 0 saturated carbocycles. The standard InChI is InChI=1S/C15H14ClNO3/c1-2-17-12(9-14(18)19)7-8-13(17)15(20)10-3-5-11(16)6-4-10/h3-8H,2,9H2,1H3,(H,18,19). The lowest BCUT2D eigenvalue weighted by Gasteiger charge is -2.09. The van der Waals surface area contributed by atoms with Gasteiger partial charge in [-0.25, -0.2) is 0 Å². The first-order valence-corrected chi connectivity index (χ1v) is 6.61. The Morgan fingerprint density at radius 2 is 1.80 bits per heavy atom. The third-order valence-electron chi connectivity index (χ3n) is 3.06. The molecule has 4 nitrogen and oxygen atoms in total. The molecule has 104 valence electrons. The van der Waals surface area contributed by atoms with E-state index in [0.29, 0.717) is 28.5 Å². The zero-order chi connectivity index (χ0) is 14.7. The largest absolute Gasteiger partial charge is 0.481 e. The predicted molar refractivity (Wildman–Crippen MR) is 76.3 cm³/mol. The van der Waals surface area contributed by atoms with Crippen LogP contribution in [0.2, 0.25) is 5.02 Å². The summed E-state index contributed by atoms with van der Waals surface area (Å²) < 4.78 is 1.73. The molecule has 0 unspecified atom stereocenters. The zero-order valence-corrected chi connectivity index (χ0v) is 11.7. The fourth-order valence-corrected chi connectivity index (χ4v) is 2.27. The van der Waals surface area contributed by atoms with Gasteiger partial charge in [-0.2, -0.15) is 0 Å². The quantitative estimate of drug-likeness (QED) is 0.862. The first kappa shape index (κ1) is 14.3. The van der Waals surface area contributed by atoms with Crippen LogP contribution in [0.5, 0.6) is 0 Å². The van der Waals surface area contributed by atoms with Crippen LogP contribution in [-0.4, -0.2) is 21.4 Å². The van der Waals surface area contributed by atoms with Crippen LogP contribution in [0.3, 0.4) is 0 Å². The minimum atomic E-state index is -0.914. The second-order valence-corrected chi connectivity index (χ2v) is 4.80. The molecule has 0 bridgehead atoms. The topological polar surface area (TPSA) is 59.3 Å². The Bertz CT molecular complexity index is 644. The summed E-state index contributed by atoms with van der Waals surface area (Å²) in [6.07, 6.45) is -0.0955. The molecule has 0 fully saturated rings. The average Bonchev–Trinajstić information content (AvgIpc) is 2.80. The number of rotatable bonds is 5. The van der Waals surface area contributed by atoms with E-state index < -0.39 is 5.97 Å². The van der Waals surface area contributed by atoms with E-state index in [2.05, 4.69) is 0 Å². The Labute approximate surface area is 121 Å². The van der Waals surface area contributed by atoms with Crippen molar-refractivity contribution in [2.75, 3.05) is 0 Å². The van der Waals surface area contributed by atoms with E-state index in [4.69, 9.17) is 16.7 Å². The van der Waals surface area contributed by atoms with E-state index >= 15 is 0 Å². The van der Waals surface area contributed by atoms with Crippen molar-refractivity contribution in [2.45, 2.75) is 19.9 Å². The molecule has 0 radical (unpaired) electrons. The van der Waals surface area contributed by atoms with Crippen molar-refractivity contribution in [1.29, 1.82) is 0 Å². The predicted octanol–water partition coefficient (Wildman–Crippen LogP) is 3.02. The summed E-state index contributed by atoms with van der Waals surface area (Å²) in [7, 11) is 0. The lowest BCUT2D eigenvalue weighted by Crippen LogP contribution is -2.13. The summed E-state index contributed by atoms with van der Waals surface area (Å²) in [5.41, 5.74) is 1.65. The first-order chi connectivity index (χ1) is 9.52. The molecular weight excluding hydrogens is 278 g/mol. The second kappa shape index (κ2) is 5.92. The van der Waals surface area contributed by atoms with Gasteiger partial charge in [0.25, 0.3) is 0 Å². The maximum atomic E-state index is 12.4. The molecule has 20 heavy (non-hydrogen) atoms. The van der Waals surface area contributed by atoms with Gasteiger partial charge in [0, 0.05) is 22.8 Å². The van der Waals surface area contributed by atoms with Gasteiger partial charge in [0.2, 0.25) is 5.78 Å². The van der Waals surface area contributed by atoms with Crippen LogP contribution in [0.1, 0.15) is 28.7 Å². The molecule has 0 amide bonds. The lowest BCUT2D eigenvalue weighted by molar-refractivity contribution is -0.136. The third-order valence-corrected chi connectivity index (χ3v) is 3.31. The second-order valence-electron chi connectivity index (χ2n) is 4.36. The number of nitrogens with zero attached hydrogens (tertiary/aromatic N) is 1. The zero-order valence-electron chi connectivity index (χ0n) is 11.0. The van der Waals surface area contributed by atoms with Gasteiger partial charge in [0.1, 0.15) is 0 Å². The Hall–Kier alpha value is -2.07. The van der Waals surface area contributed by atoms with Crippen LogP contribution < -0.4 is 0 Å². The molecule has 1 heterocycles. The molecule has 0 aliphatic carbocycles. The number of hydrogen-bond acceptors (Lipinski definition) is 2. The number of carboxylic acid groups (broad SMARTS) is 1. The monoisotopic (exact) mass is 291 g/mol. The average molecular weight is 292 g/mol. The molecule has 2 aromatic rings. The summed E-state index contributed by atoms with van der Waals surface area (Å²) in [6, 6.07) is 9.99. The lowest BCUT2D eigenvalue weighted by atomic mass is 10.1. The molecular formula is C15H14ClNO3. The molecule has 1 aromatic heterocycles. The number of carboxylic acids is 1. The van der Waals surface area contributed by atoms with Crippen molar-refractivity contribution in [3.8, 4) is 0 Å². The van der Waals surface area contributed by atoms with Crippen molar-refractivity contribution in [3.05, 3.63) is 58.4 Å².